The van der Waals surface area contributed by atoms with Gasteiger partial charge < -0.3 is 14.6 Å². The number of fused-ring (bicyclic) bond motifs is 3. The van der Waals surface area contributed by atoms with Crippen LogP contribution in [0.15, 0.2) is 29.1 Å². The number of methoxy groups -OCH3 is 1. The largest absolute Gasteiger partial charge is 0.497 e. The molecule has 0 unspecified atom stereocenters. The summed E-state index contributed by atoms with van der Waals surface area (Å²) in [7, 11) is 1.69. The molecule has 3 heterocycles. The molecule has 3 aromatic rings. The van der Waals surface area contributed by atoms with Crippen molar-refractivity contribution >= 4 is 27.2 Å². The Hall–Kier alpha value is -2.38. The third-order valence-corrected chi connectivity index (χ3v) is 6.99. The minimum absolute atomic E-state index is 0.0382. The first-order chi connectivity index (χ1) is 13.7. The predicted octanol–water partition coefficient (Wildman–Crippen LogP) is 2.80. The molecule has 1 fully saturated rings. The topological polar surface area (TPSA) is 61.5 Å². The number of aromatic amines is 1. The lowest BCUT2D eigenvalue weighted by atomic mass is 10.2. The van der Waals surface area contributed by atoms with Crippen LogP contribution in [0.25, 0.3) is 10.2 Å². The fraction of sp³-hybridized carbons (Fsp3) is 0.429. The minimum Gasteiger partial charge on any atom is -0.497 e. The Bertz CT molecular complexity index is 1050. The number of aromatic nitrogens is 2. The van der Waals surface area contributed by atoms with E-state index in [0.29, 0.717) is 6.54 Å². The zero-order valence-electron chi connectivity index (χ0n) is 16.0. The van der Waals surface area contributed by atoms with Gasteiger partial charge >= 0.3 is 0 Å². The molecular formula is C21H24N4O2S. The van der Waals surface area contributed by atoms with Crippen LogP contribution in [-0.2, 0) is 19.4 Å². The summed E-state index contributed by atoms with van der Waals surface area (Å²) in [6.07, 6.45) is 3.28. The molecule has 1 aliphatic heterocycles. The highest BCUT2D eigenvalue weighted by Crippen LogP contribution is 2.34. The van der Waals surface area contributed by atoms with Crippen LogP contribution in [-0.4, -0.2) is 48.2 Å². The van der Waals surface area contributed by atoms with Crippen LogP contribution in [0.4, 0.5) is 5.69 Å². The molecule has 7 heteroatoms. The Labute approximate surface area is 167 Å². The number of anilines is 1. The van der Waals surface area contributed by atoms with Crippen molar-refractivity contribution in [2.24, 2.45) is 0 Å². The summed E-state index contributed by atoms with van der Waals surface area (Å²) < 4.78 is 5.24. The molecule has 0 bridgehead atoms. The van der Waals surface area contributed by atoms with E-state index >= 15 is 0 Å². The molecule has 1 aromatic carbocycles. The zero-order chi connectivity index (χ0) is 19.1. The van der Waals surface area contributed by atoms with Crippen molar-refractivity contribution in [3.8, 4) is 5.75 Å². The van der Waals surface area contributed by atoms with Gasteiger partial charge in [-0.15, -0.1) is 11.3 Å². The fourth-order valence-corrected chi connectivity index (χ4v) is 5.57. The van der Waals surface area contributed by atoms with E-state index in [0.717, 1.165) is 67.2 Å². The van der Waals surface area contributed by atoms with Gasteiger partial charge in [-0.05, 0) is 49.1 Å². The molecule has 5 rings (SSSR count). The van der Waals surface area contributed by atoms with Crippen molar-refractivity contribution in [2.45, 2.75) is 25.8 Å². The number of hydrogen-bond donors (Lipinski definition) is 1. The molecule has 0 radical (unpaired) electrons. The van der Waals surface area contributed by atoms with Crippen LogP contribution in [0.3, 0.4) is 0 Å². The van der Waals surface area contributed by atoms with Crippen molar-refractivity contribution in [1.82, 2.24) is 14.9 Å². The summed E-state index contributed by atoms with van der Waals surface area (Å²) >= 11 is 1.71. The smallest absolute Gasteiger partial charge is 0.259 e. The van der Waals surface area contributed by atoms with E-state index in [1.807, 2.05) is 12.1 Å². The summed E-state index contributed by atoms with van der Waals surface area (Å²) in [5, 5.41) is 0.838. The SMILES string of the molecule is COc1ccc(N2CCN(Cc3nc4sc5c(c4c(=O)[nH]3)CCC5)CC2)cc1. The van der Waals surface area contributed by atoms with Crippen molar-refractivity contribution in [3.63, 3.8) is 0 Å². The molecule has 2 aliphatic rings. The van der Waals surface area contributed by atoms with Crippen molar-refractivity contribution < 1.29 is 4.74 Å². The van der Waals surface area contributed by atoms with Gasteiger partial charge in [0.2, 0.25) is 0 Å². The molecule has 1 N–H and O–H groups in total. The Balaban J connectivity index is 1.27. The Morgan fingerprint density at radius 3 is 2.68 bits per heavy atom. The summed E-state index contributed by atoms with van der Waals surface area (Å²) in [6, 6.07) is 8.23. The first-order valence-electron chi connectivity index (χ1n) is 9.86. The van der Waals surface area contributed by atoms with Gasteiger partial charge in [0.05, 0.1) is 19.0 Å². The van der Waals surface area contributed by atoms with E-state index in [1.54, 1.807) is 18.4 Å². The quantitative estimate of drug-likeness (QED) is 0.735. The maximum atomic E-state index is 12.6. The standard InChI is InChI=1S/C21H24N4O2S/c1-27-15-7-5-14(6-8-15)25-11-9-24(10-12-25)13-18-22-20(26)19-16-3-2-4-17(16)28-21(19)23-18/h5-8H,2-4,9-13H2,1H3,(H,22,23,26). The number of piperazine rings is 1. The maximum Gasteiger partial charge on any atom is 0.259 e. The number of nitrogens with zero attached hydrogens (tertiary/aromatic N) is 3. The third-order valence-electron chi connectivity index (χ3n) is 5.81. The van der Waals surface area contributed by atoms with E-state index < -0.39 is 0 Å². The monoisotopic (exact) mass is 396 g/mol. The van der Waals surface area contributed by atoms with Gasteiger partial charge in [-0.3, -0.25) is 9.69 Å². The molecule has 0 spiro atoms. The van der Waals surface area contributed by atoms with Crippen LogP contribution >= 0.6 is 11.3 Å². The average Bonchev–Trinajstić information content (AvgIpc) is 3.29. The molecule has 2 aromatic heterocycles. The van der Waals surface area contributed by atoms with Crippen LogP contribution in [0.5, 0.6) is 5.75 Å². The zero-order valence-corrected chi connectivity index (χ0v) is 16.8. The second kappa shape index (κ2) is 7.22. The molecule has 28 heavy (non-hydrogen) atoms. The lowest BCUT2D eigenvalue weighted by Crippen LogP contribution is -2.46. The van der Waals surface area contributed by atoms with E-state index in [-0.39, 0.29) is 5.56 Å². The van der Waals surface area contributed by atoms with Gasteiger partial charge in [-0.25, -0.2) is 4.98 Å². The normalized spacial score (nSPS) is 17.2. The highest BCUT2D eigenvalue weighted by Gasteiger charge is 2.22. The molecule has 1 aliphatic carbocycles. The van der Waals surface area contributed by atoms with Crippen LogP contribution in [0.2, 0.25) is 0 Å². The molecule has 6 nitrogen and oxygen atoms in total. The molecular weight excluding hydrogens is 372 g/mol. The number of ether oxygens (including phenoxy) is 1. The van der Waals surface area contributed by atoms with Crippen molar-refractivity contribution in [3.05, 3.63) is 50.9 Å². The second-order valence-electron chi connectivity index (χ2n) is 7.51. The number of H-pyrrole nitrogens is 1. The number of thiophene rings is 1. The van der Waals surface area contributed by atoms with Gasteiger partial charge in [0.1, 0.15) is 16.4 Å². The van der Waals surface area contributed by atoms with Crippen molar-refractivity contribution in [1.29, 1.82) is 0 Å². The van der Waals surface area contributed by atoms with Crippen LogP contribution < -0.4 is 15.2 Å². The van der Waals surface area contributed by atoms with E-state index in [1.165, 1.54) is 16.1 Å². The minimum atomic E-state index is 0.0382. The highest BCUT2D eigenvalue weighted by molar-refractivity contribution is 7.18. The Kier molecular flexibility index (Phi) is 4.56. The maximum absolute atomic E-state index is 12.6. The van der Waals surface area contributed by atoms with E-state index in [2.05, 4.69) is 26.9 Å². The highest BCUT2D eigenvalue weighted by atomic mass is 32.1. The van der Waals surface area contributed by atoms with Gasteiger partial charge in [0.25, 0.3) is 5.56 Å². The summed E-state index contributed by atoms with van der Waals surface area (Å²) in [4.78, 5) is 27.5. The first-order valence-corrected chi connectivity index (χ1v) is 10.7. The second-order valence-corrected chi connectivity index (χ2v) is 8.59. The first kappa shape index (κ1) is 17.7. The van der Waals surface area contributed by atoms with E-state index in [4.69, 9.17) is 9.72 Å². The number of nitrogens with one attached hydrogen (secondary N) is 1. The molecule has 0 amide bonds. The molecule has 146 valence electrons. The number of hydrogen-bond acceptors (Lipinski definition) is 6. The summed E-state index contributed by atoms with van der Waals surface area (Å²) in [5.74, 6) is 1.67. The van der Waals surface area contributed by atoms with Gasteiger partial charge in [0.15, 0.2) is 0 Å². The summed E-state index contributed by atoms with van der Waals surface area (Å²) in [5.41, 5.74) is 2.51. The summed E-state index contributed by atoms with van der Waals surface area (Å²) in [6.45, 7) is 4.53. The Morgan fingerprint density at radius 1 is 1.14 bits per heavy atom. The lowest BCUT2D eigenvalue weighted by Gasteiger charge is -2.35. The molecule has 0 saturated carbocycles. The van der Waals surface area contributed by atoms with Gasteiger partial charge in [0, 0.05) is 36.7 Å². The third kappa shape index (κ3) is 3.18. The number of benzene rings is 1. The van der Waals surface area contributed by atoms with Gasteiger partial charge in [-0.2, -0.15) is 0 Å². The van der Waals surface area contributed by atoms with E-state index in [9.17, 15) is 4.79 Å². The Morgan fingerprint density at radius 2 is 1.93 bits per heavy atom. The lowest BCUT2D eigenvalue weighted by molar-refractivity contribution is 0.244. The number of rotatable bonds is 4. The predicted molar refractivity (Wildman–Crippen MR) is 113 cm³/mol. The average molecular weight is 397 g/mol. The fourth-order valence-electron chi connectivity index (χ4n) is 4.29. The number of aryl methyl sites for hydroxylation is 2. The van der Waals surface area contributed by atoms with Crippen molar-refractivity contribution in [2.75, 3.05) is 38.2 Å². The molecule has 0 atom stereocenters. The van der Waals surface area contributed by atoms with Crippen LogP contribution in [0, 0.1) is 0 Å². The molecule has 1 saturated heterocycles. The van der Waals surface area contributed by atoms with Crippen LogP contribution in [0.1, 0.15) is 22.7 Å². The van der Waals surface area contributed by atoms with Gasteiger partial charge in [-0.1, -0.05) is 0 Å².